The summed E-state index contributed by atoms with van der Waals surface area (Å²) in [5.41, 5.74) is 2.82. The first-order valence-electron chi connectivity index (χ1n) is 10.2. The normalized spacial score (nSPS) is 17.0. The lowest BCUT2D eigenvalue weighted by Gasteiger charge is -2.23. The standard InChI is InChI=1S/C22H32N2O3/c1-4-24-16(2)22(17(3)25)20-13-19(9-10-21(20)24)27-15-18(26)14-23-11-7-5-6-8-12-23/h9-10,13,18,26H,4-8,11-12,14-15H2,1-3H3/t18-/m1/s1. The summed E-state index contributed by atoms with van der Waals surface area (Å²) in [6, 6.07) is 5.87. The molecule has 0 bridgehead atoms. The Morgan fingerprint density at radius 2 is 1.93 bits per heavy atom. The molecule has 27 heavy (non-hydrogen) atoms. The number of Topliss-reactive ketones (excluding diaryl/α,β-unsaturated/α-hetero) is 1. The van der Waals surface area contributed by atoms with Gasteiger partial charge in [0.05, 0.1) is 0 Å². The van der Waals surface area contributed by atoms with E-state index >= 15 is 0 Å². The number of β-amino-alcohol motifs (C(OH)–C–C–N with tert-alkyl or cyclic N) is 1. The Hall–Kier alpha value is -1.85. The molecular weight excluding hydrogens is 340 g/mol. The smallest absolute Gasteiger partial charge is 0.162 e. The first-order chi connectivity index (χ1) is 13.0. The van der Waals surface area contributed by atoms with Gasteiger partial charge >= 0.3 is 0 Å². The Morgan fingerprint density at radius 3 is 2.56 bits per heavy atom. The van der Waals surface area contributed by atoms with E-state index in [2.05, 4.69) is 16.4 Å². The Bertz CT molecular complexity index is 788. The highest BCUT2D eigenvalue weighted by atomic mass is 16.5. The molecule has 2 heterocycles. The zero-order valence-electron chi connectivity index (χ0n) is 16.8. The van der Waals surface area contributed by atoms with Crippen molar-refractivity contribution in [2.24, 2.45) is 0 Å². The van der Waals surface area contributed by atoms with Crippen LogP contribution >= 0.6 is 0 Å². The first kappa shape index (κ1) is 19.9. The second-order valence-corrected chi connectivity index (χ2v) is 7.62. The Kier molecular flexibility index (Phi) is 6.55. The average Bonchev–Trinajstić information content (AvgIpc) is 2.77. The lowest BCUT2D eigenvalue weighted by molar-refractivity contribution is 0.0694. The van der Waals surface area contributed by atoms with Crippen molar-refractivity contribution in [3.63, 3.8) is 0 Å². The third-order valence-electron chi connectivity index (χ3n) is 5.57. The molecule has 148 valence electrons. The van der Waals surface area contributed by atoms with Gasteiger partial charge in [-0.3, -0.25) is 4.79 Å². The number of aliphatic hydroxyl groups is 1. The predicted molar refractivity (Wildman–Crippen MR) is 109 cm³/mol. The van der Waals surface area contributed by atoms with Crippen molar-refractivity contribution in [3.8, 4) is 5.75 Å². The van der Waals surface area contributed by atoms with Gasteiger partial charge in [-0.15, -0.1) is 0 Å². The van der Waals surface area contributed by atoms with Gasteiger partial charge in [0.1, 0.15) is 18.5 Å². The number of rotatable bonds is 7. The van der Waals surface area contributed by atoms with Gasteiger partial charge in [-0.05, 0) is 64.9 Å². The van der Waals surface area contributed by atoms with E-state index in [1.165, 1.54) is 25.7 Å². The van der Waals surface area contributed by atoms with Crippen LogP contribution in [0.3, 0.4) is 0 Å². The molecule has 0 aliphatic carbocycles. The van der Waals surface area contributed by atoms with Crippen molar-refractivity contribution in [1.82, 2.24) is 9.47 Å². The molecule has 1 aromatic heterocycles. The molecule has 1 saturated heterocycles. The van der Waals surface area contributed by atoms with Crippen LogP contribution in [0.2, 0.25) is 0 Å². The zero-order chi connectivity index (χ0) is 19.4. The maximum Gasteiger partial charge on any atom is 0.162 e. The van der Waals surface area contributed by atoms with Crippen molar-refractivity contribution in [2.45, 2.75) is 59.1 Å². The number of nitrogens with zero attached hydrogens (tertiary/aromatic N) is 2. The highest BCUT2D eigenvalue weighted by molar-refractivity contribution is 6.08. The van der Waals surface area contributed by atoms with E-state index in [1.807, 2.05) is 25.1 Å². The van der Waals surface area contributed by atoms with Crippen LogP contribution < -0.4 is 4.74 Å². The summed E-state index contributed by atoms with van der Waals surface area (Å²) in [6.45, 7) is 9.57. The highest BCUT2D eigenvalue weighted by Crippen LogP contribution is 2.30. The van der Waals surface area contributed by atoms with Crippen LogP contribution in [0.15, 0.2) is 18.2 Å². The Morgan fingerprint density at radius 1 is 1.22 bits per heavy atom. The molecule has 0 saturated carbocycles. The van der Waals surface area contributed by atoms with E-state index in [4.69, 9.17) is 4.74 Å². The summed E-state index contributed by atoms with van der Waals surface area (Å²) >= 11 is 0. The van der Waals surface area contributed by atoms with Crippen molar-refractivity contribution in [2.75, 3.05) is 26.2 Å². The third-order valence-corrected chi connectivity index (χ3v) is 5.57. The number of aromatic nitrogens is 1. The Labute approximate surface area is 161 Å². The molecular formula is C22H32N2O3. The number of hydrogen-bond donors (Lipinski definition) is 1. The number of likely N-dealkylation sites (tertiary alicyclic amines) is 1. The van der Waals surface area contributed by atoms with Gasteiger partial charge in [-0.1, -0.05) is 12.8 Å². The molecule has 5 heteroatoms. The predicted octanol–water partition coefficient (Wildman–Crippen LogP) is 3.79. The number of carbonyl (C=O) groups is 1. The molecule has 5 nitrogen and oxygen atoms in total. The van der Waals surface area contributed by atoms with Gasteiger partial charge in [-0.2, -0.15) is 0 Å². The quantitative estimate of drug-likeness (QED) is 0.752. The SMILES string of the molecule is CCn1c(C)c(C(C)=O)c2cc(OC[C@H](O)CN3CCCCCC3)ccc21. The van der Waals surface area contributed by atoms with Crippen LogP contribution in [-0.2, 0) is 6.54 Å². The van der Waals surface area contributed by atoms with Crippen LogP contribution in [0.25, 0.3) is 10.9 Å². The fourth-order valence-electron chi connectivity index (χ4n) is 4.26. The number of hydrogen-bond acceptors (Lipinski definition) is 4. The van der Waals surface area contributed by atoms with Crippen molar-refractivity contribution in [1.29, 1.82) is 0 Å². The van der Waals surface area contributed by atoms with Crippen molar-refractivity contribution >= 4 is 16.7 Å². The summed E-state index contributed by atoms with van der Waals surface area (Å²) in [6.07, 6.45) is 4.50. The van der Waals surface area contributed by atoms with E-state index in [0.717, 1.165) is 41.8 Å². The monoisotopic (exact) mass is 372 g/mol. The van der Waals surface area contributed by atoms with Crippen LogP contribution in [0.1, 0.15) is 55.6 Å². The summed E-state index contributed by atoms with van der Waals surface area (Å²) in [4.78, 5) is 14.5. The summed E-state index contributed by atoms with van der Waals surface area (Å²) in [5.74, 6) is 0.774. The van der Waals surface area contributed by atoms with Gasteiger partial charge < -0.3 is 19.3 Å². The highest BCUT2D eigenvalue weighted by Gasteiger charge is 2.18. The van der Waals surface area contributed by atoms with E-state index < -0.39 is 6.10 Å². The molecule has 3 rings (SSSR count). The van der Waals surface area contributed by atoms with Gasteiger partial charge in [0.2, 0.25) is 0 Å². The first-order valence-corrected chi connectivity index (χ1v) is 10.2. The largest absolute Gasteiger partial charge is 0.491 e. The Balaban J connectivity index is 1.70. The number of ether oxygens (including phenoxy) is 1. The molecule has 1 fully saturated rings. The average molecular weight is 373 g/mol. The molecule has 1 aromatic carbocycles. The van der Waals surface area contributed by atoms with Gasteiger partial charge in [-0.25, -0.2) is 0 Å². The van der Waals surface area contributed by atoms with Crippen LogP contribution in [-0.4, -0.2) is 52.7 Å². The molecule has 0 radical (unpaired) electrons. The van der Waals surface area contributed by atoms with E-state index in [-0.39, 0.29) is 12.4 Å². The minimum Gasteiger partial charge on any atom is -0.491 e. The number of carbonyl (C=O) groups excluding carboxylic acids is 1. The molecule has 1 aliphatic heterocycles. The van der Waals surface area contributed by atoms with Gasteiger partial charge in [0.15, 0.2) is 5.78 Å². The maximum atomic E-state index is 12.1. The second-order valence-electron chi connectivity index (χ2n) is 7.62. The summed E-state index contributed by atoms with van der Waals surface area (Å²) in [5, 5.41) is 11.3. The van der Waals surface area contributed by atoms with E-state index in [9.17, 15) is 9.90 Å². The topological polar surface area (TPSA) is 54.7 Å². The fourth-order valence-corrected chi connectivity index (χ4v) is 4.26. The van der Waals surface area contributed by atoms with Gasteiger partial charge in [0.25, 0.3) is 0 Å². The number of aryl methyl sites for hydroxylation is 1. The molecule has 2 aromatic rings. The van der Waals surface area contributed by atoms with E-state index in [0.29, 0.717) is 12.3 Å². The molecule has 0 amide bonds. The second kappa shape index (κ2) is 8.89. The number of fused-ring (bicyclic) bond motifs is 1. The minimum absolute atomic E-state index is 0.0723. The van der Waals surface area contributed by atoms with Crippen molar-refractivity contribution < 1.29 is 14.6 Å². The van der Waals surface area contributed by atoms with Crippen LogP contribution in [0.5, 0.6) is 5.75 Å². The zero-order valence-corrected chi connectivity index (χ0v) is 16.8. The number of aliphatic hydroxyl groups excluding tert-OH is 1. The lowest BCUT2D eigenvalue weighted by Crippen LogP contribution is -2.36. The van der Waals surface area contributed by atoms with Crippen LogP contribution in [0.4, 0.5) is 0 Å². The minimum atomic E-state index is -0.506. The number of ketones is 1. The maximum absolute atomic E-state index is 12.1. The van der Waals surface area contributed by atoms with Crippen LogP contribution in [0, 0.1) is 6.92 Å². The fraction of sp³-hybridized carbons (Fsp3) is 0.591. The molecule has 0 spiro atoms. The van der Waals surface area contributed by atoms with Crippen molar-refractivity contribution in [3.05, 3.63) is 29.5 Å². The summed E-state index contributed by atoms with van der Waals surface area (Å²) in [7, 11) is 0. The van der Waals surface area contributed by atoms with E-state index in [1.54, 1.807) is 6.92 Å². The molecule has 0 unspecified atom stereocenters. The number of benzene rings is 1. The third kappa shape index (κ3) is 4.53. The molecule has 1 atom stereocenters. The van der Waals surface area contributed by atoms with Gasteiger partial charge in [0, 0.05) is 35.2 Å². The molecule has 1 N–H and O–H groups in total. The molecule has 1 aliphatic rings. The lowest BCUT2D eigenvalue weighted by atomic mass is 10.1. The summed E-state index contributed by atoms with van der Waals surface area (Å²) < 4.78 is 8.03.